The van der Waals surface area contributed by atoms with E-state index in [1.807, 2.05) is 36.4 Å². The van der Waals surface area contributed by atoms with E-state index in [0.29, 0.717) is 12.4 Å². The number of hydrogen-bond acceptors (Lipinski definition) is 5. The average molecular weight is 348 g/mol. The summed E-state index contributed by atoms with van der Waals surface area (Å²) in [7, 11) is -3.40. The number of nitrogens with zero attached hydrogens (tertiary/aromatic N) is 1. The van der Waals surface area contributed by atoms with Gasteiger partial charge in [-0.1, -0.05) is 18.2 Å². The Hall–Kier alpha value is -2.41. The highest BCUT2D eigenvalue weighted by Gasteiger charge is 2.22. The van der Waals surface area contributed by atoms with Gasteiger partial charge in [0.2, 0.25) is 5.91 Å². The van der Waals surface area contributed by atoms with Crippen molar-refractivity contribution < 1.29 is 17.9 Å². The summed E-state index contributed by atoms with van der Waals surface area (Å²) in [5, 5.41) is 1.55. The van der Waals surface area contributed by atoms with Crippen molar-refractivity contribution in [3.8, 4) is 5.75 Å². The fourth-order valence-electron chi connectivity index (χ4n) is 1.91. The van der Waals surface area contributed by atoms with Crippen LogP contribution >= 0.6 is 0 Å². The second-order valence-electron chi connectivity index (χ2n) is 5.45. The Bertz CT molecular complexity index is 791. The molecule has 1 N–H and O–H groups in total. The van der Waals surface area contributed by atoms with Crippen molar-refractivity contribution in [2.45, 2.75) is 25.3 Å². The number of nitrogens with one attached hydrogen (secondary N) is 1. The zero-order valence-corrected chi connectivity index (χ0v) is 14.4. The van der Waals surface area contributed by atoms with Gasteiger partial charge in [0.05, 0.1) is 5.69 Å². The minimum atomic E-state index is -3.40. The van der Waals surface area contributed by atoms with E-state index in [2.05, 4.69) is 10.3 Å². The molecule has 2 aromatic rings. The Morgan fingerprint density at radius 2 is 2.04 bits per heavy atom. The molecule has 0 saturated heterocycles. The van der Waals surface area contributed by atoms with E-state index >= 15 is 0 Å². The molecule has 1 amide bonds. The van der Waals surface area contributed by atoms with Gasteiger partial charge in [0.1, 0.15) is 17.6 Å². The Kier molecular flexibility index (Phi) is 5.92. The number of amides is 1. The maximum Gasteiger partial charge on any atom is 0.238 e. The number of pyridine rings is 1. The van der Waals surface area contributed by atoms with Gasteiger partial charge in [0.25, 0.3) is 0 Å². The van der Waals surface area contributed by atoms with Crippen LogP contribution in [0.5, 0.6) is 5.75 Å². The molecule has 0 radical (unpaired) electrons. The molecule has 2 rings (SSSR count). The van der Waals surface area contributed by atoms with E-state index in [0.717, 1.165) is 17.5 Å². The molecule has 0 spiro atoms. The van der Waals surface area contributed by atoms with Crippen LogP contribution in [0.1, 0.15) is 18.2 Å². The monoisotopic (exact) mass is 348 g/mol. The lowest BCUT2D eigenvalue weighted by Crippen LogP contribution is -2.36. The highest BCUT2D eigenvalue weighted by molar-refractivity contribution is 7.92. The topological polar surface area (TPSA) is 85.4 Å². The number of sulfone groups is 1. The lowest BCUT2D eigenvalue weighted by Gasteiger charge is -2.11. The van der Waals surface area contributed by atoms with Gasteiger partial charge in [-0.25, -0.2) is 8.42 Å². The fraction of sp³-hybridized carbons (Fsp3) is 0.294. The SMILES string of the molecule is CC(C(=O)NCc1cccc(OCc2ccccn2)c1)S(C)(=O)=O. The molecule has 0 aliphatic heterocycles. The molecule has 1 atom stereocenters. The van der Waals surface area contributed by atoms with E-state index < -0.39 is 21.0 Å². The van der Waals surface area contributed by atoms with Gasteiger partial charge in [0, 0.05) is 19.0 Å². The molecule has 1 unspecified atom stereocenters. The van der Waals surface area contributed by atoms with Crippen molar-refractivity contribution in [3.05, 3.63) is 59.9 Å². The summed E-state index contributed by atoms with van der Waals surface area (Å²) in [5.41, 5.74) is 1.64. The molecule has 1 heterocycles. The third-order valence-electron chi connectivity index (χ3n) is 3.49. The van der Waals surface area contributed by atoms with Crippen molar-refractivity contribution in [2.75, 3.05) is 6.26 Å². The van der Waals surface area contributed by atoms with Crippen LogP contribution in [-0.2, 0) is 27.8 Å². The van der Waals surface area contributed by atoms with Crippen LogP contribution in [0, 0.1) is 0 Å². The first kappa shape index (κ1) is 17.9. The Morgan fingerprint density at radius 1 is 1.25 bits per heavy atom. The van der Waals surface area contributed by atoms with Crippen molar-refractivity contribution >= 4 is 15.7 Å². The van der Waals surface area contributed by atoms with Crippen LogP contribution in [-0.4, -0.2) is 30.8 Å². The van der Waals surface area contributed by atoms with Gasteiger partial charge in [-0.05, 0) is 36.8 Å². The van der Waals surface area contributed by atoms with Crippen molar-refractivity contribution in [1.29, 1.82) is 0 Å². The Morgan fingerprint density at radius 3 is 2.71 bits per heavy atom. The van der Waals surface area contributed by atoms with Crippen molar-refractivity contribution in [2.24, 2.45) is 0 Å². The summed E-state index contributed by atoms with van der Waals surface area (Å²) >= 11 is 0. The first-order valence-corrected chi connectivity index (χ1v) is 9.40. The van der Waals surface area contributed by atoms with E-state index in [9.17, 15) is 13.2 Å². The number of rotatable bonds is 7. The minimum Gasteiger partial charge on any atom is -0.487 e. The number of carbonyl (C=O) groups excluding carboxylic acids is 1. The third kappa shape index (κ3) is 5.34. The molecule has 1 aromatic carbocycles. The molecule has 6 nitrogen and oxygen atoms in total. The molecule has 0 aliphatic rings. The number of carbonyl (C=O) groups is 1. The zero-order valence-electron chi connectivity index (χ0n) is 13.6. The maximum atomic E-state index is 11.8. The summed E-state index contributed by atoms with van der Waals surface area (Å²) in [5.74, 6) is 0.140. The Labute approximate surface area is 141 Å². The molecule has 0 saturated carbocycles. The average Bonchev–Trinajstić information content (AvgIpc) is 2.57. The van der Waals surface area contributed by atoms with Crippen LogP contribution in [0.2, 0.25) is 0 Å². The lowest BCUT2D eigenvalue weighted by molar-refractivity contribution is -0.120. The summed E-state index contributed by atoms with van der Waals surface area (Å²) in [6, 6.07) is 12.9. The van der Waals surface area contributed by atoms with Gasteiger partial charge in [-0.2, -0.15) is 0 Å². The van der Waals surface area contributed by atoms with Crippen molar-refractivity contribution in [3.63, 3.8) is 0 Å². The lowest BCUT2D eigenvalue weighted by atomic mass is 10.2. The van der Waals surface area contributed by atoms with E-state index in [4.69, 9.17) is 4.74 Å². The van der Waals surface area contributed by atoms with E-state index in [-0.39, 0.29) is 6.54 Å². The molecule has 24 heavy (non-hydrogen) atoms. The molecular weight excluding hydrogens is 328 g/mol. The van der Waals surface area contributed by atoms with Crippen LogP contribution in [0.25, 0.3) is 0 Å². The van der Waals surface area contributed by atoms with Gasteiger partial charge in [-0.3, -0.25) is 9.78 Å². The fourth-order valence-corrected chi connectivity index (χ4v) is 2.39. The zero-order chi connectivity index (χ0) is 17.6. The Balaban J connectivity index is 1.92. The summed E-state index contributed by atoms with van der Waals surface area (Å²) in [6.07, 6.45) is 2.75. The van der Waals surface area contributed by atoms with Crippen LogP contribution in [0.3, 0.4) is 0 Å². The minimum absolute atomic E-state index is 0.236. The molecular formula is C17H20N2O4S. The second kappa shape index (κ2) is 7.92. The van der Waals surface area contributed by atoms with Gasteiger partial charge in [0.15, 0.2) is 9.84 Å². The molecule has 0 aliphatic carbocycles. The smallest absolute Gasteiger partial charge is 0.238 e. The first-order valence-electron chi connectivity index (χ1n) is 7.44. The van der Waals surface area contributed by atoms with Gasteiger partial charge in [-0.15, -0.1) is 0 Å². The van der Waals surface area contributed by atoms with E-state index in [1.165, 1.54) is 6.92 Å². The van der Waals surface area contributed by atoms with Gasteiger partial charge < -0.3 is 10.1 Å². The normalized spacial score (nSPS) is 12.4. The summed E-state index contributed by atoms with van der Waals surface area (Å²) < 4.78 is 28.4. The van der Waals surface area contributed by atoms with E-state index in [1.54, 1.807) is 12.3 Å². The predicted molar refractivity (Wildman–Crippen MR) is 91.2 cm³/mol. The number of aromatic nitrogens is 1. The molecule has 0 fully saturated rings. The summed E-state index contributed by atoms with van der Waals surface area (Å²) in [4.78, 5) is 16.0. The maximum absolute atomic E-state index is 11.8. The predicted octanol–water partition coefficient (Wildman–Crippen LogP) is 1.71. The van der Waals surface area contributed by atoms with Crippen LogP contribution < -0.4 is 10.1 Å². The standard InChI is InChI=1S/C17H20N2O4S/c1-13(24(2,21)22)17(20)19-11-14-6-5-8-16(10-14)23-12-15-7-3-4-9-18-15/h3-10,13H,11-12H2,1-2H3,(H,19,20). The molecule has 128 valence electrons. The largest absolute Gasteiger partial charge is 0.487 e. The molecule has 7 heteroatoms. The highest BCUT2D eigenvalue weighted by Crippen LogP contribution is 2.15. The highest BCUT2D eigenvalue weighted by atomic mass is 32.2. The quantitative estimate of drug-likeness (QED) is 0.823. The second-order valence-corrected chi connectivity index (χ2v) is 7.81. The third-order valence-corrected chi connectivity index (χ3v) is 4.99. The van der Waals surface area contributed by atoms with Crippen LogP contribution in [0.4, 0.5) is 0 Å². The summed E-state index contributed by atoms with van der Waals surface area (Å²) in [6.45, 7) is 1.96. The number of benzene rings is 1. The molecule has 1 aromatic heterocycles. The number of hydrogen-bond donors (Lipinski definition) is 1. The molecule has 0 bridgehead atoms. The van der Waals surface area contributed by atoms with Gasteiger partial charge >= 0.3 is 0 Å². The first-order chi connectivity index (χ1) is 11.4. The number of ether oxygens (including phenoxy) is 1. The van der Waals surface area contributed by atoms with Crippen LogP contribution in [0.15, 0.2) is 48.7 Å². The van der Waals surface area contributed by atoms with Crippen molar-refractivity contribution in [1.82, 2.24) is 10.3 Å².